The Labute approximate surface area is 191 Å². The summed E-state index contributed by atoms with van der Waals surface area (Å²) in [5.74, 6) is -2.77. The highest BCUT2D eigenvalue weighted by Gasteiger charge is 2.39. The van der Waals surface area contributed by atoms with Crippen LogP contribution in [0.5, 0.6) is 0 Å². The number of para-hydroxylation sites is 1. The van der Waals surface area contributed by atoms with E-state index in [1.54, 1.807) is 0 Å². The Morgan fingerprint density at radius 3 is 2.59 bits per heavy atom. The molecule has 1 aliphatic rings. The van der Waals surface area contributed by atoms with Gasteiger partial charge in [-0.1, -0.05) is 24.3 Å². The molecule has 0 saturated heterocycles. The third kappa shape index (κ3) is 3.10. The summed E-state index contributed by atoms with van der Waals surface area (Å²) in [6.07, 6.45) is 0.431. The summed E-state index contributed by atoms with van der Waals surface area (Å²) in [6.45, 7) is 0.121. The summed E-state index contributed by atoms with van der Waals surface area (Å²) in [4.78, 5) is 17.2. The molecule has 0 bridgehead atoms. The average molecular weight is 481 g/mol. The SMILES string of the molecule is O=c1[nH]c2ccc(S(=O)(=O)N3CCc4c([nH]c5ccccc45)C3c3ccc(F)c(F)c3)cc2o1. The van der Waals surface area contributed by atoms with Gasteiger partial charge < -0.3 is 9.40 Å². The molecule has 0 radical (unpaired) electrons. The van der Waals surface area contributed by atoms with Gasteiger partial charge in [0, 0.05) is 29.2 Å². The number of sulfonamides is 1. The van der Waals surface area contributed by atoms with Crippen molar-refractivity contribution in [2.45, 2.75) is 17.4 Å². The van der Waals surface area contributed by atoms with Gasteiger partial charge in [0.1, 0.15) is 0 Å². The molecule has 5 aromatic rings. The number of nitrogens with zero attached hydrogens (tertiary/aromatic N) is 1. The lowest BCUT2D eigenvalue weighted by atomic mass is 9.94. The second-order valence-corrected chi connectivity index (χ2v) is 10.1. The number of oxazole rings is 1. The minimum atomic E-state index is -4.12. The van der Waals surface area contributed by atoms with Crippen LogP contribution in [0.4, 0.5) is 8.78 Å². The number of hydrogen-bond donors (Lipinski definition) is 2. The first-order chi connectivity index (χ1) is 16.3. The van der Waals surface area contributed by atoms with Gasteiger partial charge in [-0.15, -0.1) is 0 Å². The monoisotopic (exact) mass is 481 g/mol. The number of aromatic nitrogens is 2. The van der Waals surface area contributed by atoms with Crippen LogP contribution >= 0.6 is 0 Å². The van der Waals surface area contributed by atoms with Crippen LogP contribution in [0.25, 0.3) is 22.0 Å². The fourth-order valence-electron chi connectivity index (χ4n) is 4.71. The maximum Gasteiger partial charge on any atom is 0.417 e. The predicted octanol–water partition coefficient (Wildman–Crippen LogP) is 4.22. The van der Waals surface area contributed by atoms with E-state index in [4.69, 9.17) is 4.42 Å². The summed E-state index contributed by atoms with van der Waals surface area (Å²) < 4.78 is 61.9. The second kappa shape index (κ2) is 7.37. The van der Waals surface area contributed by atoms with Crippen molar-refractivity contribution in [3.63, 3.8) is 0 Å². The number of rotatable bonds is 3. The van der Waals surface area contributed by atoms with Crippen LogP contribution < -0.4 is 5.76 Å². The van der Waals surface area contributed by atoms with Gasteiger partial charge in [-0.3, -0.25) is 4.98 Å². The summed E-state index contributed by atoms with van der Waals surface area (Å²) in [6, 6.07) is 14.2. The van der Waals surface area contributed by atoms with Crippen LogP contribution in [0.1, 0.15) is 22.9 Å². The molecular formula is C24H17F2N3O4S. The van der Waals surface area contributed by atoms with Crippen molar-refractivity contribution in [2.24, 2.45) is 0 Å². The minimum absolute atomic E-state index is 0.0742. The molecule has 0 spiro atoms. The molecule has 1 aliphatic heterocycles. The Bertz CT molecular complexity index is 1750. The van der Waals surface area contributed by atoms with E-state index in [-0.39, 0.29) is 17.0 Å². The van der Waals surface area contributed by atoms with Crippen LogP contribution in [0.15, 0.2) is 74.8 Å². The lowest BCUT2D eigenvalue weighted by Crippen LogP contribution is -2.40. The molecule has 6 rings (SSSR count). The van der Waals surface area contributed by atoms with E-state index in [1.807, 2.05) is 24.3 Å². The van der Waals surface area contributed by atoms with E-state index in [0.29, 0.717) is 23.2 Å². The second-order valence-electron chi connectivity index (χ2n) is 8.18. The average Bonchev–Trinajstić information content (AvgIpc) is 3.39. The Kier molecular flexibility index (Phi) is 4.51. The number of hydrogen-bond acceptors (Lipinski definition) is 4. The summed E-state index contributed by atoms with van der Waals surface area (Å²) >= 11 is 0. The van der Waals surface area contributed by atoms with Gasteiger partial charge in [0.2, 0.25) is 10.0 Å². The molecule has 1 atom stereocenters. The Hall–Kier alpha value is -3.76. The molecular weight excluding hydrogens is 464 g/mol. The zero-order chi connectivity index (χ0) is 23.6. The quantitative estimate of drug-likeness (QED) is 0.403. The molecule has 3 heterocycles. The van der Waals surface area contributed by atoms with Gasteiger partial charge in [0.25, 0.3) is 0 Å². The third-order valence-corrected chi connectivity index (χ3v) is 8.11. The highest BCUT2D eigenvalue weighted by molar-refractivity contribution is 7.89. The first kappa shape index (κ1) is 20.8. The summed E-state index contributed by atoms with van der Waals surface area (Å²) in [5, 5.41) is 0.956. The van der Waals surface area contributed by atoms with Gasteiger partial charge in [-0.05, 0) is 47.9 Å². The first-order valence-corrected chi connectivity index (χ1v) is 12.0. The Balaban J connectivity index is 1.56. The van der Waals surface area contributed by atoms with Crippen molar-refractivity contribution in [3.8, 4) is 0 Å². The Morgan fingerprint density at radius 2 is 1.76 bits per heavy atom. The van der Waals surface area contributed by atoms with Gasteiger partial charge in [0.05, 0.1) is 16.5 Å². The van der Waals surface area contributed by atoms with Gasteiger partial charge in [0.15, 0.2) is 17.2 Å². The lowest BCUT2D eigenvalue weighted by Gasteiger charge is -2.35. The maximum absolute atomic E-state index is 14.2. The van der Waals surface area contributed by atoms with Gasteiger partial charge in [-0.2, -0.15) is 4.31 Å². The normalized spacial score (nSPS) is 16.8. The van der Waals surface area contributed by atoms with E-state index < -0.39 is 33.5 Å². The number of H-pyrrole nitrogens is 2. The zero-order valence-corrected chi connectivity index (χ0v) is 18.3. The smallest absolute Gasteiger partial charge is 0.408 e. The van der Waals surface area contributed by atoms with Crippen molar-refractivity contribution < 1.29 is 21.6 Å². The van der Waals surface area contributed by atoms with E-state index in [2.05, 4.69) is 9.97 Å². The molecule has 0 fully saturated rings. The molecule has 0 aliphatic carbocycles. The molecule has 3 aromatic carbocycles. The molecule has 2 N–H and O–H groups in total. The zero-order valence-electron chi connectivity index (χ0n) is 17.5. The highest BCUT2D eigenvalue weighted by Crippen LogP contribution is 2.41. The molecule has 0 amide bonds. The minimum Gasteiger partial charge on any atom is -0.408 e. The van der Waals surface area contributed by atoms with Gasteiger partial charge in [-0.25, -0.2) is 22.0 Å². The Morgan fingerprint density at radius 1 is 0.941 bits per heavy atom. The van der Waals surface area contributed by atoms with Crippen molar-refractivity contribution >= 4 is 32.0 Å². The fraction of sp³-hybridized carbons (Fsp3) is 0.125. The van der Waals surface area contributed by atoms with Gasteiger partial charge >= 0.3 is 5.76 Å². The molecule has 34 heavy (non-hydrogen) atoms. The summed E-state index contributed by atoms with van der Waals surface area (Å²) in [7, 11) is -4.12. The number of aromatic amines is 2. The molecule has 10 heteroatoms. The number of fused-ring (bicyclic) bond motifs is 4. The third-order valence-electron chi connectivity index (χ3n) is 6.25. The van der Waals surface area contributed by atoms with E-state index in [1.165, 1.54) is 28.6 Å². The van der Waals surface area contributed by atoms with Crippen molar-refractivity contribution in [1.29, 1.82) is 0 Å². The van der Waals surface area contributed by atoms with E-state index in [9.17, 15) is 22.0 Å². The number of halogens is 2. The molecule has 172 valence electrons. The number of nitrogens with one attached hydrogen (secondary N) is 2. The first-order valence-electron chi connectivity index (χ1n) is 10.5. The van der Waals surface area contributed by atoms with E-state index >= 15 is 0 Å². The maximum atomic E-state index is 14.2. The van der Waals surface area contributed by atoms with Crippen molar-refractivity contribution in [2.75, 3.05) is 6.54 Å². The van der Waals surface area contributed by atoms with Crippen LogP contribution in [0.3, 0.4) is 0 Å². The number of benzene rings is 3. The lowest BCUT2D eigenvalue weighted by molar-refractivity contribution is 0.339. The van der Waals surface area contributed by atoms with Crippen LogP contribution in [0, 0.1) is 11.6 Å². The molecule has 1 unspecified atom stereocenters. The topological polar surface area (TPSA) is 99.2 Å². The van der Waals surface area contributed by atoms with Crippen molar-refractivity contribution in [1.82, 2.24) is 14.3 Å². The standard InChI is InChI=1S/C24H17F2N3O4S/c25-17-7-5-13(11-18(17)26)23-22-16(15-3-1-2-4-19(15)27-22)9-10-29(23)34(31,32)14-6-8-20-21(12-14)33-24(30)28-20/h1-8,11-12,23,27H,9-10H2,(H,28,30). The van der Waals surface area contributed by atoms with Crippen LogP contribution in [-0.4, -0.2) is 29.2 Å². The van der Waals surface area contributed by atoms with Crippen LogP contribution in [-0.2, 0) is 16.4 Å². The molecule has 0 saturated carbocycles. The molecule has 2 aromatic heterocycles. The summed E-state index contributed by atoms with van der Waals surface area (Å²) in [5.41, 5.74) is 3.15. The predicted molar refractivity (Wildman–Crippen MR) is 121 cm³/mol. The molecule has 7 nitrogen and oxygen atoms in total. The van der Waals surface area contributed by atoms with E-state index in [0.717, 1.165) is 28.6 Å². The largest absolute Gasteiger partial charge is 0.417 e. The highest BCUT2D eigenvalue weighted by atomic mass is 32.2. The van der Waals surface area contributed by atoms with Crippen molar-refractivity contribution in [3.05, 3.63) is 99.7 Å². The van der Waals surface area contributed by atoms with Crippen LogP contribution in [0.2, 0.25) is 0 Å². The fourth-order valence-corrected chi connectivity index (χ4v) is 6.32.